The molecule has 0 radical (unpaired) electrons. The van der Waals surface area contributed by atoms with E-state index in [9.17, 15) is 0 Å². The fourth-order valence-electron chi connectivity index (χ4n) is 12.4. The minimum Gasteiger partial charge on any atom is -0.455 e. The highest BCUT2D eigenvalue weighted by atomic mass is 16.3. The third-order valence-electron chi connectivity index (χ3n) is 15.2. The van der Waals surface area contributed by atoms with E-state index in [0.717, 1.165) is 132 Å². The monoisotopic (exact) mass is 902 g/mol. The molecule has 0 spiro atoms. The van der Waals surface area contributed by atoms with E-state index in [1.807, 2.05) is 6.07 Å². The van der Waals surface area contributed by atoms with Crippen LogP contribution in [0.15, 0.2) is 244 Å². The number of furan rings is 3. The van der Waals surface area contributed by atoms with Gasteiger partial charge in [0.1, 0.15) is 33.5 Å². The molecule has 0 saturated carbocycles. The Morgan fingerprint density at radius 3 is 1.01 bits per heavy atom. The summed E-state index contributed by atoms with van der Waals surface area (Å²) in [5.41, 5.74) is 14.2. The van der Waals surface area contributed by atoms with Crippen LogP contribution in [-0.2, 0) is 0 Å². The van der Waals surface area contributed by atoms with Gasteiger partial charge in [-0.25, -0.2) is 0 Å². The summed E-state index contributed by atoms with van der Waals surface area (Å²) in [6.07, 6.45) is 0. The molecule has 0 N–H and O–H groups in total. The van der Waals surface area contributed by atoms with Crippen LogP contribution >= 0.6 is 0 Å². The first-order valence-electron chi connectivity index (χ1n) is 24.3. The van der Waals surface area contributed by atoms with Crippen LogP contribution in [0.2, 0.25) is 0 Å². The summed E-state index contributed by atoms with van der Waals surface area (Å²) in [5.74, 6) is 0. The van der Waals surface area contributed by atoms with Gasteiger partial charge in [0.05, 0.1) is 0 Å². The van der Waals surface area contributed by atoms with E-state index in [1.54, 1.807) is 0 Å². The van der Waals surface area contributed by atoms with Crippen molar-refractivity contribution in [3.8, 4) is 44.5 Å². The minimum absolute atomic E-state index is 0.844. The first kappa shape index (κ1) is 38.5. The zero-order valence-corrected chi connectivity index (χ0v) is 38.2. The largest absolute Gasteiger partial charge is 0.455 e. The average Bonchev–Trinajstić information content (AvgIpc) is 4.14. The summed E-state index contributed by atoms with van der Waals surface area (Å²) in [7, 11) is 0. The molecule has 13 aromatic carbocycles. The molecule has 0 aliphatic heterocycles. The van der Waals surface area contributed by atoms with Crippen LogP contribution in [0, 0.1) is 0 Å². The van der Waals surface area contributed by atoms with E-state index < -0.39 is 0 Å². The topological polar surface area (TPSA) is 39.4 Å². The summed E-state index contributed by atoms with van der Waals surface area (Å²) < 4.78 is 21.2. The fourth-order valence-corrected chi connectivity index (χ4v) is 12.4. The van der Waals surface area contributed by atoms with E-state index in [4.69, 9.17) is 13.3 Å². The van der Waals surface area contributed by atoms with Crippen molar-refractivity contribution >= 4 is 120 Å². The second-order valence-electron chi connectivity index (χ2n) is 18.9. The Bertz CT molecular complexity index is 4820. The van der Waals surface area contributed by atoms with Crippen LogP contribution in [0.5, 0.6) is 0 Å². The zero-order valence-electron chi connectivity index (χ0n) is 38.2. The minimum atomic E-state index is 0.844. The van der Waals surface area contributed by atoms with Crippen molar-refractivity contribution in [2.75, 3.05) is 0 Å². The summed E-state index contributed by atoms with van der Waals surface area (Å²) in [5, 5.41) is 18.1. The first-order valence-corrected chi connectivity index (χ1v) is 24.3. The Kier molecular flexibility index (Phi) is 7.89. The first-order chi connectivity index (χ1) is 35.3. The SMILES string of the molecule is c1ccc(-c2c3ccccc3c(-c3cc4cc(-c5c6ccccc6c(-c6cccc7c6oc6ccccc67)c6ccccc56)c5oc6ccccc6c5c4c4c3oc3ccccc34)c3ccccc23)cc1. The summed E-state index contributed by atoms with van der Waals surface area (Å²) in [6.45, 7) is 0. The molecule has 328 valence electrons. The second kappa shape index (κ2) is 14.5. The molecule has 3 nitrogen and oxygen atoms in total. The van der Waals surface area contributed by atoms with Crippen LogP contribution in [0.3, 0.4) is 0 Å². The lowest BCUT2D eigenvalue weighted by Gasteiger charge is -2.20. The zero-order chi connectivity index (χ0) is 46.3. The highest BCUT2D eigenvalue weighted by Crippen LogP contribution is 2.54. The molecule has 0 fully saturated rings. The van der Waals surface area contributed by atoms with Gasteiger partial charge >= 0.3 is 0 Å². The predicted octanol–water partition coefficient (Wildman–Crippen LogP) is 19.8. The number of rotatable bonds is 4. The van der Waals surface area contributed by atoms with Gasteiger partial charge in [-0.15, -0.1) is 0 Å². The highest BCUT2D eigenvalue weighted by Gasteiger charge is 2.28. The second-order valence-corrected chi connectivity index (χ2v) is 18.9. The van der Waals surface area contributed by atoms with Crippen molar-refractivity contribution in [1.29, 1.82) is 0 Å². The van der Waals surface area contributed by atoms with Crippen LogP contribution < -0.4 is 0 Å². The molecule has 0 amide bonds. The van der Waals surface area contributed by atoms with E-state index >= 15 is 0 Å². The average molecular weight is 903 g/mol. The number of benzene rings is 13. The molecule has 3 heteroatoms. The molecule has 0 unspecified atom stereocenters. The lowest BCUT2D eigenvalue weighted by Crippen LogP contribution is -1.93. The van der Waals surface area contributed by atoms with Gasteiger partial charge in [0, 0.05) is 71.1 Å². The Hall–Kier alpha value is -9.44. The summed E-state index contributed by atoms with van der Waals surface area (Å²) in [4.78, 5) is 0. The van der Waals surface area contributed by atoms with Gasteiger partial charge in [0.2, 0.25) is 0 Å². The molecule has 16 aromatic rings. The van der Waals surface area contributed by atoms with Gasteiger partial charge < -0.3 is 13.3 Å². The van der Waals surface area contributed by atoms with E-state index in [1.165, 1.54) is 32.7 Å². The van der Waals surface area contributed by atoms with Gasteiger partial charge in [-0.2, -0.15) is 0 Å². The molecular weight excluding hydrogens is 865 g/mol. The van der Waals surface area contributed by atoms with Crippen molar-refractivity contribution in [3.05, 3.63) is 231 Å². The number of para-hydroxylation sites is 4. The quantitative estimate of drug-likeness (QED) is 0.165. The standard InChI is InChI=1S/C68H38O3/c1-2-19-39(20-3-1)59-42-22-4-6-24-44(42)62(45-25-7-5-23-43(45)59)54-37-40-38-55(68-65(52-31-14-17-36-58(52)71-68)60(40)64-51-30-13-16-35-57(51)70-67(54)64)63-48-28-10-8-26-46(48)61(47-27-9-11-29-49(47)63)53-33-18-32-50-41-21-12-15-34-56(41)69-66(50)53/h1-38H. The van der Waals surface area contributed by atoms with E-state index in [2.05, 4.69) is 224 Å². The molecule has 0 bridgehead atoms. The van der Waals surface area contributed by atoms with Crippen molar-refractivity contribution in [1.82, 2.24) is 0 Å². The Balaban J connectivity index is 1.08. The van der Waals surface area contributed by atoms with Crippen molar-refractivity contribution in [3.63, 3.8) is 0 Å². The molecule has 71 heavy (non-hydrogen) atoms. The smallest absolute Gasteiger partial charge is 0.143 e. The van der Waals surface area contributed by atoms with Gasteiger partial charge in [-0.1, -0.05) is 200 Å². The Morgan fingerprint density at radius 2 is 0.549 bits per heavy atom. The van der Waals surface area contributed by atoms with Crippen LogP contribution in [0.25, 0.3) is 164 Å². The molecule has 3 aromatic heterocycles. The molecule has 0 atom stereocenters. The summed E-state index contributed by atoms with van der Waals surface area (Å²) >= 11 is 0. The third kappa shape index (κ3) is 5.32. The normalized spacial score (nSPS) is 12.2. The number of fused-ring (bicyclic) bond motifs is 16. The predicted molar refractivity (Wildman–Crippen MR) is 298 cm³/mol. The molecule has 0 aliphatic carbocycles. The molecular formula is C68H38O3. The van der Waals surface area contributed by atoms with Crippen LogP contribution in [0.4, 0.5) is 0 Å². The number of hydrogen-bond donors (Lipinski definition) is 0. The highest BCUT2D eigenvalue weighted by molar-refractivity contribution is 6.37. The van der Waals surface area contributed by atoms with E-state index in [0.29, 0.717) is 0 Å². The Labute approximate surface area is 406 Å². The fraction of sp³-hybridized carbons (Fsp3) is 0. The van der Waals surface area contributed by atoms with Crippen molar-refractivity contribution < 1.29 is 13.3 Å². The van der Waals surface area contributed by atoms with E-state index in [-0.39, 0.29) is 0 Å². The lowest BCUT2D eigenvalue weighted by molar-refractivity contribution is 0.669. The molecule has 0 saturated heterocycles. The molecule has 16 rings (SSSR count). The third-order valence-corrected chi connectivity index (χ3v) is 15.2. The van der Waals surface area contributed by atoms with Gasteiger partial charge in [-0.3, -0.25) is 0 Å². The van der Waals surface area contributed by atoms with Crippen molar-refractivity contribution in [2.45, 2.75) is 0 Å². The van der Waals surface area contributed by atoms with Crippen LogP contribution in [-0.4, -0.2) is 0 Å². The van der Waals surface area contributed by atoms with Crippen LogP contribution in [0.1, 0.15) is 0 Å². The maximum absolute atomic E-state index is 7.23. The number of hydrogen-bond acceptors (Lipinski definition) is 3. The lowest BCUT2D eigenvalue weighted by atomic mass is 9.83. The van der Waals surface area contributed by atoms with Gasteiger partial charge in [0.25, 0.3) is 0 Å². The van der Waals surface area contributed by atoms with Gasteiger partial charge in [0.15, 0.2) is 0 Å². The summed E-state index contributed by atoms with van der Waals surface area (Å²) in [6, 6.07) is 83.1. The van der Waals surface area contributed by atoms with Crippen molar-refractivity contribution in [2.24, 2.45) is 0 Å². The Morgan fingerprint density at radius 1 is 0.211 bits per heavy atom. The maximum Gasteiger partial charge on any atom is 0.143 e. The molecule has 0 aliphatic rings. The molecule has 3 heterocycles. The van der Waals surface area contributed by atoms with Gasteiger partial charge in [-0.05, 0) is 89.9 Å². The maximum atomic E-state index is 7.23.